The van der Waals surface area contributed by atoms with Gasteiger partial charge in [-0.05, 0) is 173 Å². The number of nitrogens with zero attached hydrogens (tertiary/aromatic N) is 3. The smallest absolute Gasteiger partial charge is 0.333 e. The molecule has 2 heterocycles. The average molecular weight is 946 g/mol. The third kappa shape index (κ3) is 8.00. The van der Waals surface area contributed by atoms with Crippen LogP contribution in [0.4, 0.5) is 45.5 Å². The third-order valence-corrected chi connectivity index (χ3v) is 15.6. The number of aryl methyl sites for hydroxylation is 1. The van der Waals surface area contributed by atoms with Crippen molar-refractivity contribution in [2.45, 2.75) is 85.5 Å². The van der Waals surface area contributed by atoms with Crippen molar-refractivity contribution < 1.29 is 0 Å². The first-order valence-corrected chi connectivity index (χ1v) is 26.1. The second-order valence-corrected chi connectivity index (χ2v) is 23.6. The zero-order valence-corrected chi connectivity index (χ0v) is 44.0. The van der Waals surface area contributed by atoms with Crippen molar-refractivity contribution in [2.75, 3.05) is 14.6 Å². The molecule has 2 aliphatic heterocycles. The summed E-state index contributed by atoms with van der Waals surface area (Å²) in [5.74, 6) is 0. The van der Waals surface area contributed by atoms with Gasteiger partial charge in [0.25, 0.3) is 0 Å². The first kappa shape index (κ1) is 46.3. The normalized spacial score (nSPS) is 13.3. The number of rotatable bonds is 6. The molecule has 4 heteroatoms. The van der Waals surface area contributed by atoms with Gasteiger partial charge in [0.15, 0.2) is 0 Å². The molecule has 0 amide bonds. The molecule has 12 rings (SSSR count). The van der Waals surface area contributed by atoms with Crippen molar-refractivity contribution in [1.29, 1.82) is 0 Å². The molecule has 0 aliphatic carbocycles. The van der Waals surface area contributed by atoms with Crippen LogP contribution in [-0.4, -0.2) is 6.85 Å². The van der Waals surface area contributed by atoms with Crippen LogP contribution in [0.3, 0.4) is 0 Å². The van der Waals surface area contributed by atoms with Crippen molar-refractivity contribution in [3.05, 3.63) is 229 Å². The Bertz CT molecular complexity index is 3680. The summed E-state index contributed by atoms with van der Waals surface area (Å²) in [5.41, 5.74) is 22.0. The van der Waals surface area contributed by atoms with Crippen LogP contribution in [0.2, 0.25) is 0 Å². The summed E-state index contributed by atoms with van der Waals surface area (Å²) in [7, 11) is 0. The Balaban J connectivity index is 1.17. The van der Waals surface area contributed by atoms with Gasteiger partial charge in [-0.3, -0.25) is 0 Å². The van der Waals surface area contributed by atoms with Crippen LogP contribution >= 0.6 is 0 Å². The second kappa shape index (κ2) is 17.2. The van der Waals surface area contributed by atoms with E-state index in [4.69, 9.17) is 0 Å². The highest BCUT2D eigenvalue weighted by Crippen LogP contribution is 2.52. The molecule has 0 saturated heterocycles. The van der Waals surface area contributed by atoms with Gasteiger partial charge in [0.05, 0.1) is 0 Å². The Morgan fingerprint density at radius 3 is 1.51 bits per heavy atom. The maximum absolute atomic E-state index is 2.66. The van der Waals surface area contributed by atoms with Crippen molar-refractivity contribution >= 4 is 84.8 Å². The van der Waals surface area contributed by atoms with Crippen molar-refractivity contribution in [3.63, 3.8) is 0 Å². The van der Waals surface area contributed by atoms with E-state index in [1.165, 1.54) is 94.0 Å². The Morgan fingerprint density at radius 2 is 0.918 bits per heavy atom. The van der Waals surface area contributed by atoms with Gasteiger partial charge >= 0.3 is 6.85 Å². The van der Waals surface area contributed by atoms with E-state index in [2.05, 4.69) is 290 Å². The molecule has 10 aromatic carbocycles. The molecule has 0 aromatic heterocycles. The van der Waals surface area contributed by atoms with E-state index < -0.39 is 0 Å². The van der Waals surface area contributed by atoms with Crippen LogP contribution in [0, 0.1) is 6.92 Å². The molecule has 0 atom stereocenters. The molecule has 10 aromatic rings. The van der Waals surface area contributed by atoms with E-state index in [0.717, 1.165) is 28.4 Å². The minimum Gasteiger partial charge on any atom is -0.376 e. The summed E-state index contributed by atoms with van der Waals surface area (Å²) in [6.07, 6.45) is 0. The Hall–Kier alpha value is -7.82. The molecular weight excluding hydrogens is 882 g/mol. The van der Waals surface area contributed by atoms with E-state index in [0.29, 0.717) is 0 Å². The van der Waals surface area contributed by atoms with Crippen LogP contribution in [-0.2, 0) is 16.2 Å². The Morgan fingerprint density at radius 1 is 0.397 bits per heavy atom. The van der Waals surface area contributed by atoms with E-state index >= 15 is 0 Å². The maximum Gasteiger partial charge on any atom is 0.333 e. The molecule has 73 heavy (non-hydrogen) atoms. The topological polar surface area (TPSA) is 9.72 Å². The van der Waals surface area contributed by atoms with E-state index in [1.54, 1.807) is 0 Å². The molecule has 0 radical (unpaired) electrons. The summed E-state index contributed by atoms with van der Waals surface area (Å²) in [4.78, 5) is 7.71. The molecule has 358 valence electrons. The SMILES string of the molecule is Cc1cc(-c2ccccc2)ccc1N1c2cc(N(c3ccc(C(C)(C)C)cc3)c3ccc(C(C)(C)C)cc3)ccc2B2c3c1cc1ccccc1c3-c1cc3ccccc3cc1N2c1ccc(C(C)(C)C)cc1. The summed E-state index contributed by atoms with van der Waals surface area (Å²) in [5, 5.41) is 4.96. The lowest BCUT2D eigenvalue weighted by Gasteiger charge is -2.46. The molecule has 0 fully saturated rings. The number of hydrogen-bond acceptors (Lipinski definition) is 3. The highest BCUT2D eigenvalue weighted by molar-refractivity contribution is 6.94. The van der Waals surface area contributed by atoms with Gasteiger partial charge in [-0.15, -0.1) is 0 Å². The number of benzene rings is 10. The average Bonchev–Trinajstić information content (AvgIpc) is 3.38. The zero-order valence-electron chi connectivity index (χ0n) is 44.0. The van der Waals surface area contributed by atoms with Crippen LogP contribution in [0.15, 0.2) is 206 Å². The lowest BCUT2D eigenvalue weighted by atomic mass is 9.43. The molecule has 0 N–H and O–H groups in total. The van der Waals surface area contributed by atoms with Gasteiger partial charge in [-0.25, -0.2) is 0 Å². The van der Waals surface area contributed by atoms with Crippen LogP contribution < -0.4 is 25.5 Å². The minimum atomic E-state index is -0.154. The zero-order chi connectivity index (χ0) is 50.6. The fraction of sp³-hybridized carbons (Fsp3) is 0.188. The number of anilines is 8. The number of hydrogen-bond donors (Lipinski definition) is 0. The fourth-order valence-electron chi connectivity index (χ4n) is 11.6. The van der Waals surface area contributed by atoms with Crippen LogP contribution in [0.5, 0.6) is 0 Å². The van der Waals surface area contributed by atoms with E-state index in [9.17, 15) is 0 Å². The standard InChI is InChI=1S/C69H64BN3/c1-45-40-49(46-18-12-11-13-19-46)24-39-61(45)72-63-44-57(71(54-31-25-51(26-32-54)67(2,3)4)55-33-27-52(28-34-55)68(5,6)7)37-38-60(63)70-66-64(72)43-50-22-16-17-23-58(50)65(66)59-41-47-20-14-15-21-48(47)42-62(59)73(70)56-35-29-53(30-36-56)69(8,9)10/h11-44H,1-10H3. The Kier molecular flexibility index (Phi) is 10.9. The monoisotopic (exact) mass is 946 g/mol. The van der Waals surface area contributed by atoms with Gasteiger partial charge in [0.2, 0.25) is 0 Å². The van der Waals surface area contributed by atoms with E-state index in [-0.39, 0.29) is 23.1 Å². The largest absolute Gasteiger partial charge is 0.376 e. The highest BCUT2D eigenvalue weighted by Gasteiger charge is 2.46. The Labute approximate surface area is 433 Å². The highest BCUT2D eigenvalue weighted by atomic mass is 15.2. The van der Waals surface area contributed by atoms with Gasteiger partial charge in [-0.1, -0.05) is 190 Å². The molecule has 0 spiro atoms. The fourth-order valence-corrected chi connectivity index (χ4v) is 11.6. The van der Waals surface area contributed by atoms with Crippen LogP contribution in [0.1, 0.15) is 84.6 Å². The van der Waals surface area contributed by atoms with Crippen molar-refractivity contribution in [2.24, 2.45) is 0 Å². The predicted molar refractivity (Wildman–Crippen MR) is 316 cm³/mol. The maximum atomic E-state index is 2.66. The summed E-state index contributed by atoms with van der Waals surface area (Å²) in [6, 6.07) is 78.3. The van der Waals surface area contributed by atoms with Crippen molar-refractivity contribution in [3.8, 4) is 22.3 Å². The summed E-state index contributed by atoms with van der Waals surface area (Å²) >= 11 is 0. The molecule has 3 nitrogen and oxygen atoms in total. The minimum absolute atomic E-state index is 0.0154. The van der Waals surface area contributed by atoms with Crippen LogP contribution in [0.25, 0.3) is 43.8 Å². The predicted octanol–water partition coefficient (Wildman–Crippen LogP) is 18.0. The van der Waals surface area contributed by atoms with Gasteiger partial charge in [-0.2, -0.15) is 0 Å². The number of fused-ring (bicyclic) bond motifs is 7. The van der Waals surface area contributed by atoms with Gasteiger partial charge in [0.1, 0.15) is 0 Å². The van der Waals surface area contributed by atoms with Gasteiger partial charge in [0, 0.05) is 51.1 Å². The summed E-state index contributed by atoms with van der Waals surface area (Å²) < 4.78 is 0. The lowest BCUT2D eigenvalue weighted by molar-refractivity contribution is 0.590. The quantitative estimate of drug-likeness (QED) is 0.154. The first-order valence-electron chi connectivity index (χ1n) is 26.1. The molecular formula is C69H64BN3. The van der Waals surface area contributed by atoms with Gasteiger partial charge < -0.3 is 14.6 Å². The summed E-state index contributed by atoms with van der Waals surface area (Å²) in [6.45, 7) is 22.8. The molecule has 0 saturated carbocycles. The first-order chi connectivity index (χ1) is 35.0. The molecule has 2 aliphatic rings. The van der Waals surface area contributed by atoms with E-state index in [1.807, 2.05) is 0 Å². The third-order valence-electron chi connectivity index (χ3n) is 15.6. The lowest BCUT2D eigenvalue weighted by Crippen LogP contribution is -2.61. The van der Waals surface area contributed by atoms with Crippen molar-refractivity contribution in [1.82, 2.24) is 0 Å². The molecule has 0 unspecified atom stereocenters. The second-order valence-electron chi connectivity index (χ2n) is 23.6. The molecule has 0 bridgehead atoms.